The van der Waals surface area contributed by atoms with E-state index in [0.717, 1.165) is 0 Å². The van der Waals surface area contributed by atoms with E-state index < -0.39 is 11.9 Å². The Hall–Kier alpha value is -2.24. The first kappa shape index (κ1) is 13.2. The second kappa shape index (κ2) is 5.17. The van der Waals surface area contributed by atoms with Crippen molar-refractivity contribution in [2.24, 2.45) is 5.92 Å². The average Bonchev–Trinajstić information content (AvgIpc) is 2.88. The number of carboxylic acid groups (broad SMARTS) is 1. The van der Waals surface area contributed by atoms with Gasteiger partial charge in [-0.3, -0.25) is 9.59 Å². The number of hydrogen-bond donors (Lipinski definition) is 2. The maximum Gasteiger partial charge on any atom is 0.308 e. The van der Waals surface area contributed by atoms with Gasteiger partial charge in [0.05, 0.1) is 18.6 Å². The van der Waals surface area contributed by atoms with E-state index in [1.807, 2.05) is 0 Å². The highest BCUT2D eigenvalue weighted by molar-refractivity contribution is 5.98. The third kappa shape index (κ3) is 2.47. The monoisotopic (exact) mass is 265 g/mol. The Morgan fingerprint density at radius 3 is 2.74 bits per heavy atom. The fourth-order valence-electron chi connectivity index (χ4n) is 2.18. The van der Waals surface area contributed by atoms with E-state index in [4.69, 9.17) is 9.84 Å². The van der Waals surface area contributed by atoms with Gasteiger partial charge in [0, 0.05) is 13.1 Å². The van der Waals surface area contributed by atoms with Gasteiger partial charge in [-0.1, -0.05) is 6.07 Å². The van der Waals surface area contributed by atoms with Crippen LogP contribution in [-0.4, -0.2) is 47.2 Å². The summed E-state index contributed by atoms with van der Waals surface area (Å²) >= 11 is 0. The molecule has 1 aromatic rings. The SMILES string of the molecule is COc1cccc(C(=O)N2CCC(C(=O)O)C2)c1O. The zero-order valence-electron chi connectivity index (χ0n) is 10.5. The Kier molecular flexibility index (Phi) is 3.59. The second-order valence-electron chi connectivity index (χ2n) is 4.43. The molecule has 6 nitrogen and oxygen atoms in total. The van der Waals surface area contributed by atoms with Crippen molar-refractivity contribution in [2.45, 2.75) is 6.42 Å². The lowest BCUT2D eigenvalue weighted by Gasteiger charge is -2.17. The van der Waals surface area contributed by atoms with E-state index >= 15 is 0 Å². The first-order chi connectivity index (χ1) is 9.04. The molecule has 1 aromatic carbocycles. The van der Waals surface area contributed by atoms with Crippen LogP contribution in [0.5, 0.6) is 11.5 Å². The molecule has 0 saturated carbocycles. The fraction of sp³-hybridized carbons (Fsp3) is 0.385. The van der Waals surface area contributed by atoms with Gasteiger partial charge in [-0.25, -0.2) is 0 Å². The van der Waals surface area contributed by atoms with Gasteiger partial charge in [0.2, 0.25) is 0 Å². The molecule has 0 aliphatic carbocycles. The van der Waals surface area contributed by atoms with Crippen molar-refractivity contribution in [1.82, 2.24) is 4.90 Å². The molecule has 1 aliphatic heterocycles. The number of carboxylic acids is 1. The smallest absolute Gasteiger partial charge is 0.308 e. The molecule has 1 aliphatic rings. The number of para-hydroxylation sites is 1. The van der Waals surface area contributed by atoms with Crippen molar-refractivity contribution in [3.63, 3.8) is 0 Å². The topological polar surface area (TPSA) is 87.1 Å². The lowest BCUT2D eigenvalue weighted by Crippen LogP contribution is -2.30. The summed E-state index contributed by atoms with van der Waals surface area (Å²) in [5.41, 5.74) is 0.130. The van der Waals surface area contributed by atoms with E-state index in [2.05, 4.69) is 0 Å². The van der Waals surface area contributed by atoms with Crippen LogP contribution < -0.4 is 4.74 Å². The summed E-state index contributed by atoms with van der Waals surface area (Å²) in [5.74, 6) is -1.80. The van der Waals surface area contributed by atoms with Crippen LogP contribution >= 0.6 is 0 Å². The lowest BCUT2D eigenvalue weighted by atomic mass is 10.1. The predicted octanol–water partition coefficient (Wildman–Crippen LogP) is 0.947. The van der Waals surface area contributed by atoms with Crippen molar-refractivity contribution in [3.05, 3.63) is 23.8 Å². The van der Waals surface area contributed by atoms with Crippen LogP contribution in [0.15, 0.2) is 18.2 Å². The number of carbonyl (C=O) groups is 2. The van der Waals surface area contributed by atoms with Gasteiger partial charge in [0.1, 0.15) is 0 Å². The van der Waals surface area contributed by atoms with Crippen LogP contribution in [0.4, 0.5) is 0 Å². The van der Waals surface area contributed by atoms with E-state index in [9.17, 15) is 14.7 Å². The molecular formula is C13H15NO5. The molecule has 0 radical (unpaired) electrons. The minimum absolute atomic E-state index is 0.130. The van der Waals surface area contributed by atoms with E-state index in [1.165, 1.54) is 18.1 Å². The summed E-state index contributed by atoms with van der Waals surface area (Å²) in [4.78, 5) is 24.5. The van der Waals surface area contributed by atoms with Crippen molar-refractivity contribution >= 4 is 11.9 Å². The van der Waals surface area contributed by atoms with Crippen molar-refractivity contribution in [1.29, 1.82) is 0 Å². The number of amides is 1. The minimum atomic E-state index is -0.898. The summed E-state index contributed by atoms with van der Waals surface area (Å²) in [6.45, 7) is 0.553. The maximum absolute atomic E-state index is 12.2. The highest BCUT2D eigenvalue weighted by atomic mass is 16.5. The lowest BCUT2D eigenvalue weighted by molar-refractivity contribution is -0.141. The highest BCUT2D eigenvalue weighted by Gasteiger charge is 2.32. The van der Waals surface area contributed by atoms with Crippen molar-refractivity contribution < 1.29 is 24.5 Å². The summed E-state index contributed by atoms with van der Waals surface area (Å²) in [6, 6.07) is 4.65. The normalized spacial score (nSPS) is 18.4. The quantitative estimate of drug-likeness (QED) is 0.849. The Bertz CT molecular complexity index is 514. The van der Waals surface area contributed by atoms with Crippen molar-refractivity contribution in [2.75, 3.05) is 20.2 Å². The number of hydrogen-bond acceptors (Lipinski definition) is 4. The molecular weight excluding hydrogens is 250 g/mol. The van der Waals surface area contributed by atoms with Crippen LogP contribution in [-0.2, 0) is 4.79 Å². The Morgan fingerprint density at radius 1 is 1.42 bits per heavy atom. The maximum atomic E-state index is 12.2. The number of aromatic hydroxyl groups is 1. The predicted molar refractivity (Wildman–Crippen MR) is 66.3 cm³/mol. The largest absolute Gasteiger partial charge is 0.504 e. The Balaban J connectivity index is 2.19. The number of nitrogens with zero attached hydrogens (tertiary/aromatic N) is 1. The van der Waals surface area contributed by atoms with Crippen LogP contribution in [0.3, 0.4) is 0 Å². The number of carbonyl (C=O) groups excluding carboxylic acids is 1. The van der Waals surface area contributed by atoms with Crippen molar-refractivity contribution in [3.8, 4) is 11.5 Å². The van der Waals surface area contributed by atoms with Gasteiger partial charge >= 0.3 is 5.97 Å². The number of rotatable bonds is 3. The number of methoxy groups -OCH3 is 1. The van der Waals surface area contributed by atoms with Gasteiger partial charge < -0.3 is 19.8 Å². The molecule has 19 heavy (non-hydrogen) atoms. The number of benzene rings is 1. The van der Waals surface area contributed by atoms with Gasteiger partial charge in [-0.15, -0.1) is 0 Å². The first-order valence-electron chi connectivity index (χ1n) is 5.92. The number of ether oxygens (including phenoxy) is 1. The van der Waals surface area contributed by atoms with E-state index in [1.54, 1.807) is 12.1 Å². The summed E-state index contributed by atoms with van der Waals surface area (Å²) in [5, 5.41) is 18.8. The molecule has 102 valence electrons. The molecule has 1 atom stereocenters. The van der Waals surface area contributed by atoms with E-state index in [0.29, 0.717) is 13.0 Å². The molecule has 0 spiro atoms. The van der Waals surface area contributed by atoms with E-state index in [-0.39, 0.29) is 29.5 Å². The molecule has 2 rings (SSSR count). The molecule has 6 heteroatoms. The number of phenolic OH excluding ortho intramolecular Hbond substituents is 1. The number of aliphatic carboxylic acids is 1. The van der Waals surface area contributed by atoms with Gasteiger partial charge in [0.25, 0.3) is 5.91 Å². The van der Waals surface area contributed by atoms with Gasteiger partial charge in [-0.05, 0) is 18.6 Å². The standard InChI is InChI=1S/C13H15NO5/c1-19-10-4-2-3-9(11(10)15)12(16)14-6-5-8(7-14)13(17)18/h2-4,8,15H,5-7H2,1H3,(H,17,18). The second-order valence-corrected chi connectivity index (χ2v) is 4.43. The highest BCUT2D eigenvalue weighted by Crippen LogP contribution is 2.31. The average molecular weight is 265 g/mol. The molecule has 1 amide bonds. The fourth-order valence-corrected chi connectivity index (χ4v) is 2.18. The first-order valence-corrected chi connectivity index (χ1v) is 5.92. The molecule has 1 saturated heterocycles. The molecule has 0 bridgehead atoms. The summed E-state index contributed by atoms with van der Waals surface area (Å²) in [7, 11) is 1.40. The van der Waals surface area contributed by atoms with Gasteiger partial charge in [0.15, 0.2) is 11.5 Å². The van der Waals surface area contributed by atoms with Gasteiger partial charge in [-0.2, -0.15) is 0 Å². The zero-order chi connectivity index (χ0) is 14.0. The zero-order valence-corrected chi connectivity index (χ0v) is 10.5. The van der Waals surface area contributed by atoms with Crippen LogP contribution in [0.2, 0.25) is 0 Å². The van der Waals surface area contributed by atoms with Crippen LogP contribution in [0, 0.1) is 5.92 Å². The molecule has 1 fully saturated rings. The Labute approximate surface area is 110 Å². The summed E-state index contributed by atoms with van der Waals surface area (Å²) in [6.07, 6.45) is 0.436. The van der Waals surface area contributed by atoms with Crippen LogP contribution in [0.1, 0.15) is 16.8 Å². The number of phenols is 1. The number of likely N-dealkylation sites (tertiary alicyclic amines) is 1. The Morgan fingerprint density at radius 2 is 2.16 bits per heavy atom. The molecule has 1 unspecified atom stereocenters. The third-order valence-electron chi connectivity index (χ3n) is 3.27. The van der Waals surface area contributed by atoms with Crippen LogP contribution in [0.25, 0.3) is 0 Å². The summed E-state index contributed by atoms with van der Waals surface area (Å²) < 4.78 is 4.94. The molecule has 0 aromatic heterocycles. The minimum Gasteiger partial charge on any atom is -0.504 e. The third-order valence-corrected chi connectivity index (χ3v) is 3.27. The molecule has 1 heterocycles. The molecule has 2 N–H and O–H groups in total.